The Hall–Kier alpha value is -1.97. The summed E-state index contributed by atoms with van der Waals surface area (Å²) in [7, 11) is -2.25. The van der Waals surface area contributed by atoms with Crippen molar-refractivity contribution in [3.05, 3.63) is 34.8 Å². The highest BCUT2D eigenvalue weighted by Gasteiger charge is 2.40. The molecule has 1 aromatic heterocycles. The number of benzene rings is 1. The van der Waals surface area contributed by atoms with E-state index in [0.717, 1.165) is 0 Å². The number of sulfonamides is 1. The van der Waals surface area contributed by atoms with Gasteiger partial charge < -0.3 is 10.1 Å². The Labute approximate surface area is 157 Å². The number of anilines is 1. The average molecular weight is 396 g/mol. The fraction of sp³-hybridized carbons (Fsp3) is 0.412. The largest absolute Gasteiger partial charge is 0.497 e. The van der Waals surface area contributed by atoms with Crippen molar-refractivity contribution in [2.75, 3.05) is 19.0 Å². The Balaban J connectivity index is 1.92. The molecule has 1 atom stereocenters. The molecule has 1 aliphatic rings. The Morgan fingerprint density at radius 1 is 1.35 bits per heavy atom. The molecule has 9 heteroatoms. The normalized spacial score (nSPS) is 18.0. The number of ether oxygens (including phenoxy) is 1. The first-order valence-electron chi connectivity index (χ1n) is 8.22. The van der Waals surface area contributed by atoms with Crippen LogP contribution >= 0.6 is 11.3 Å². The quantitative estimate of drug-likeness (QED) is 0.840. The average Bonchev–Trinajstić information content (AvgIpc) is 3.25. The summed E-state index contributed by atoms with van der Waals surface area (Å²) in [6.45, 7) is 3.80. The summed E-state index contributed by atoms with van der Waals surface area (Å²) in [5.74, 6) is 0.267. The lowest BCUT2D eigenvalue weighted by Gasteiger charge is -2.25. The second-order valence-electron chi connectivity index (χ2n) is 6.19. The van der Waals surface area contributed by atoms with Crippen LogP contribution in [0.2, 0.25) is 0 Å². The third kappa shape index (κ3) is 3.46. The van der Waals surface area contributed by atoms with E-state index >= 15 is 0 Å². The van der Waals surface area contributed by atoms with E-state index in [0.29, 0.717) is 41.4 Å². The molecule has 1 aromatic carbocycles. The molecule has 7 nitrogen and oxygen atoms in total. The van der Waals surface area contributed by atoms with E-state index in [1.807, 2.05) is 0 Å². The Kier molecular flexibility index (Phi) is 5.31. The smallest absolute Gasteiger partial charge is 0.244 e. The lowest BCUT2D eigenvalue weighted by Crippen LogP contribution is -2.43. The third-order valence-electron chi connectivity index (χ3n) is 4.41. The van der Waals surface area contributed by atoms with E-state index in [1.54, 1.807) is 44.7 Å². The molecule has 0 radical (unpaired) electrons. The van der Waals surface area contributed by atoms with Crippen molar-refractivity contribution in [2.45, 2.75) is 37.6 Å². The molecule has 1 amide bonds. The van der Waals surface area contributed by atoms with Gasteiger partial charge in [0, 0.05) is 18.1 Å². The molecule has 0 spiro atoms. The van der Waals surface area contributed by atoms with Crippen molar-refractivity contribution in [3.63, 3.8) is 0 Å². The molecule has 26 heavy (non-hydrogen) atoms. The molecular weight excluding hydrogens is 374 g/mol. The minimum atomic E-state index is -3.80. The first-order chi connectivity index (χ1) is 12.3. The molecular formula is C17H21N3O4S2. The first-order valence-corrected chi connectivity index (χ1v) is 10.5. The van der Waals surface area contributed by atoms with Crippen molar-refractivity contribution >= 4 is 32.4 Å². The maximum absolute atomic E-state index is 13.3. The molecule has 2 heterocycles. The highest BCUT2D eigenvalue weighted by molar-refractivity contribution is 7.89. The van der Waals surface area contributed by atoms with E-state index in [9.17, 15) is 13.2 Å². The summed E-state index contributed by atoms with van der Waals surface area (Å²) in [5.41, 5.74) is 1.21. The summed E-state index contributed by atoms with van der Waals surface area (Å²) in [5, 5.41) is 4.93. The molecule has 0 unspecified atom stereocenters. The highest BCUT2D eigenvalue weighted by Crippen LogP contribution is 2.32. The molecule has 1 fully saturated rings. The predicted molar refractivity (Wildman–Crippen MR) is 100 cm³/mol. The van der Waals surface area contributed by atoms with E-state index < -0.39 is 16.1 Å². The van der Waals surface area contributed by atoms with Gasteiger partial charge in [-0.15, -0.1) is 11.3 Å². The van der Waals surface area contributed by atoms with Crippen LogP contribution in [0.5, 0.6) is 5.75 Å². The number of rotatable bonds is 5. The fourth-order valence-corrected chi connectivity index (χ4v) is 5.92. The second kappa shape index (κ2) is 7.34. The number of nitrogens with one attached hydrogen (secondary N) is 1. The number of nitrogens with zero attached hydrogens (tertiary/aromatic N) is 2. The number of carbonyl (C=O) groups is 1. The monoisotopic (exact) mass is 395 g/mol. The molecule has 2 aromatic rings. The summed E-state index contributed by atoms with van der Waals surface area (Å²) in [6.07, 6.45) is 2.72. The summed E-state index contributed by atoms with van der Waals surface area (Å²) in [6, 6.07) is 2.66. The number of aromatic nitrogens is 1. The van der Waals surface area contributed by atoms with Crippen LogP contribution in [0.1, 0.15) is 24.0 Å². The number of amides is 1. The van der Waals surface area contributed by atoms with Gasteiger partial charge in [-0.25, -0.2) is 13.4 Å². The zero-order valence-electron chi connectivity index (χ0n) is 14.9. The molecule has 1 saturated heterocycles. The maximum atomic E-state index is 13.3. The van der Waals surface area contributed by atoms with Crippen molar-refractivity contribution in [3.8, 4) is 5.75 Å². The Morgan fingerprint density at radius 3 is 2.62 bits per heavy atom. The first kappa shape index (κ1) is 18.8. The minimum Gasteiger partial charge on any atom is -0.497 e. The van der Waals surface area contributed by atoms with Gasteiger partial charge in [-0.2, -0.15) is 4.31 Å². The number of methoxy groups -OCH3 is 1. The van der Waals surface area contributed by atoms with Crippen molar-refractivity contribution in [1.29, 1.82) is 0 Å². The van der Waals surface area contributed by atoms with E-state index in [-0.39, 0.29) is 10.8 Å². The van der Waals surface area contributed by atoms with Crippen LogP contribution in [0, 0.1) is 13.8 Å². The summed E-state index contributed by atoms with van der Waals surface area (Å²) in [4.78, 5) is 16.9. The van der Waals surface area contributed by atoms with Crippen LogP contribution < -0.4 is 10.1 Å². The van der Waals surface area contributed by atoms with Gasteiger partial charge in [0.25, 0.3) is 0 Å². The van der Waals surface area contributed by atoms with Gasteiger partial charge in [-0.1, -0.05) is 0 Å². The fourth-order valence-electron chi connectivity index (χ4n) is 3.32. The number of thiazole rings is 1. The lowest BCUT2D eigenvalue weighted by atomic mass is 10.1. The zero-order valence-corrected chi connectivity index (χ0v) is 16.5. The second-order valence-corrected chi connectivity index (χ2v) is 8.91. The lowest BCUT2D eigenvalue weighted by molar-refractivity contribution is -0.119. The topological polar surface area (TPSA) is 88.6 Å². The van der Waals surface area contributed by atoms with Gasteiger partial charge in [0.1, 0.15) is 11.8 Å². The van der Waals surface area contributed by atoms with Crippen LogP contribution in [-0.2, 0) is 14.8 Å². The van der Waals surface area contributed by atoms with E-state index in [4.69, 9.17) is 4.74 Å². The predicted octanol–water partition coefficient (Wildman–Crippen LogP) is 2.56. The van der Waals surface area contributed by atoms with Gasteiger partial charge in [0.15, 0.2) is 5.13 Å². The maximum Gasteiger partial charge on any atom is 0.244 e. The van der Waals surface area contributed by atoms with Crippen LogP contribution in [0.15, 0.2) is 28.6 Å². The molecule has 140 valence electrons. The van der Waals surface area contributed by atoms with Crippen LogP contribution in [-0.4, -0.2) is 43.3 Å². The molecule has 1 N–H and O–H groups in total. The molecule has 0 aliphatic carbocycles. The Bertz CT molecular complexity index is 887. The minimum absolute atomic E-state index is 0.243. The SMILES string of the molecule is COc1cc(C)c(S(=O)(=O)N2CCC[C@@H]2C(=O)Nc2nccs2)c(C)c1. The van der Waals surface area contributed by atoms with Gasteiger partial charge in [0.2, 0.25) is 15.9 Å². The summed E-state index contributed by atoms with van der Waals surface area (Å²) < 4.78 is 33.1. The third-order valence-corrected chi connectivity index (χ3v) is 7.31. The molecule has 0 bridgehead atoms. The summed E-state index contributed by atoms with van der Waals surface area (Å²) >= 11 is 1.30. The van der Waals surface area contributed by atoms with Gasteiger partial charge >= 0.3 is 0 Å². The van der Waals surface area contributed by atoms with Crippen LogP contribution in [0.4, 0.5) is 5.13 Å². The number of aryl methyl sites for hydroxylation is 2. The van der Waals surface area contributed by atoms with Crippen molar-refractivity contribution in [1.82, 2.24) is 9.29 Å². The highest BCUT2D eigenvalue weighted by atomic mass is 32.2. The Morgan fingerprint density at radius 2 is 2.04 bits per heavy atom. The van der Waals surface area contributed by atoms with Crippen LogP contribution in [0.3, 0.4) is 0 Å². The van der Waals surface area contributed by atoms with Gasteiger partial charge in [-0.3, -0.25) is 4.79 Å². The van der Waals surface area contributed by atoms with Crippen molar-refractivity contribution in [2.24, 2.45) is 0 Å². The molecule has 0 saturated carbocycles. The standard InChI is InChI=1S/C17H21N3O4S2/c1-11-9-13(24-3)10-12(2)15(11)26(22,23)20-7-4-5-14(20)16(21)19-17-18-6-8-25-17/h6,8-10,14H,4-5,7H2,1-3H3,(H,18,19,21)/t14-/m1/s1. The van der Waals surface area contributed by atoms with Crippen LogP contribution in [0.25, 0.3) is 0 Å². The molecule has 1 aliphatic heterocycles. The van der Waals surface area contributed by atoms with Gasteiger partial charge in [-0.05, 0) is 49.9 Å². The molecule has 3 rings (SSSR count). The number of hydrogen-bond donors (Lipinski definition) is 1. The van der Waals surface area contributed by atoms with Gasteiger partial charge in [0.05, 0.1) is 12.0 Å². The van der Waals surface area contributed by atoms with Crippen molar-refractivity contribution < 1.29 is 17.9 Å². The number of hydrogen-bond acceptors (Lipinski definition) is 6. The number of carbonyl (C=O) groups excluding carboxylic acids is 1. The van der Waals surface area contributed by atoms with E-state index in [1.165, 1.54) is 15.6 Å². The zero-order chi connectivity index (χ0) is 18.9. The van der Waals surface area contributed by atoms with E-state index in [2.05, 4.69) is 10.3 Å².